The van der Waals surface area contributed by atoms with Gasteiger partial charge in [-0.1, -0.05) is 42.5 Å². The molecule has 0 aliphatic heterocycles. The molecule has 3 aromatic rings. The number of methoxy groups -OCH3 is 1. The summed E-state index contributed by atoms with van der Waals surface area (Å²) in [5.74, 6) is 0.516. The molecule has 150 valence electrons. The zero-order valence-corrected chi connectivity index (χ0v) is 16.5. The predicted octanol–water partition coefficient (Wildman–Crippen LogP) is 3.32. The highest BCUT2D eigenvalue weighted by Gasteiger charge is 2.19. The fourth-order valence-corrected chi connectivity index (χ4v) is 3.38. The molecular formula is C21H20N2O5S. The second-order valence-electron chi connectivity index (χ2n) is 6.17. The number of rotatable bonds is 7. The molecule has 0 radical (unpaired) electrons. The van der Waals surface area contributed by atoms with Crippen LogP contribution in [-0.4, -0.2) is 21.4 Å². The number of anilines is 1. The highest BCUT2D eigenvalue weighted by Crippen LogP contribution is 2.35. The van der Waals surface area contributed by atoms with E-state index in [9.17, 15) is 13.2 Å². The molecule has 0 saturated heterocycles. The summed E-state index contributed by atoms with van der Waals surface area (Å²) in [6.07, 6.45) is 0.158. The summed E-state index contributed by atoms with van der Waals surface area (Å²) in [4.78, 5) is 12.0. The van der Waals surface area contributed by atoms with Crippen molar-refractivity contribution in [1.29, 1.82) is 0 Å². The first-order valence-corrected chi connectivity index (χ1v) is 10.2. The summed E-state index contributed by atoms with van der Waals surface area (Å²) in [7, 11) is -2.63. The number of para-hydroxylation sites is 2. The average molecular weight is 412 g/mol. The number of carbonyl (C=O) groups excluding carboxylic acids is 1. The van der Waals surface area contributed by atoms with Gasteiger partial charge >= 0.3 is 0 Å². The molecule has 0 fully saturated rings. The van der Waals surface area contributed by atoms with Gasteiger partial charge in [0.15, 0.2) is 11.5 Å². The van der Waals surface area contributed by atoms with E-state index in [2.05, 4.69) is 5.32 Å². The Morgan fingerprint density at radius 3 is 2.24 bits per heavy atom. The van der Waals surface area contributed by atoms with Gasteiger partial charge in [0.1, 0.15) is 10.6 Å². The van der Waals surface area contributed by atoms with Crippen molar-refractivity contribution in [2.24, 2.45) is 5.14 Å². The van der Waals surface area contributed by atoms with E-state index in [0.29, 0.717) is 17.2 Å². The van der Waals surface area contributed by atoms with Gasteiger partial charge in [-0.2, -0.15) is 0 Å². The highest BCUT2D eigenvalue weighted by atomic mass is 32.2. The Bertz CT molecular complexity index is 1110. The first kappa shape index (κ1) is 20.4. The Kier molecular flexibility index (Phi) is 6.16. The third kappa shape index (κ3) is 5.34. The minimum Gasteiger partial charge on any atom is -0.493 e. The van der Waals surface area contributed by atoms with Gasteiger partial charge < -0.3 is 14.8 Å². The second-order valence-corrected chi connectivity index (χ2v) is 7.70. The van der Waals surface area contributed by atoms with E-state index in [0.717, 1.165) is 5.56 Å². The average Bonchev–Trinajstić information content (AvgIpc) is 2.69. The predicted molar refractivity (Wildman–Crippen MR) is 110 cm³/mol. The van der Waals surface area contributed by atoms with Crippen molar-refractivity contribution in [3.63, 3.8) is 0 Å². The molecule has 0 aromatic heterocycles. The first-order valence-electron chi connectivity index (χ1n) is 8.68. The molecule has 0 bridgehead atoms. The number of hydrogen-bond acceptors (Lipinski definition) is 5. The van der Waals surface area contributed by atoms with E-state index in [-0.39, 0.29) is 23.0 Å². The van der Waals surface area contributed by atoms with Gasteiger partial charge in [0.05, 0.1) is 13.5 Å². The van der Waals surface area contributed by atoms with E-state index < -0.39 is 10.0 Å². The maximum Gasteiger partial charge on any atom is 0.241 e. The maximum absolute atomic E-state index is 12.3. The van der Waals surface area contributed by atoms with Crippen LogP contribution in [-0.2, 0) is 21.2 Å². The molecule has 29 heavy (non-hydrogen) atoms. The Labute approximate surface area is 169 Å². The second kappa shape index (κ2) is 8.76. The van der Waals surface area contributed by atoms with E-state index in [1.54, 1.807) is 30.3 Å². The topological polar surface area (TPSA) is 108 Å². The largest absolute Gasteiger partial charge is 0.493 e. The summed E-state index contributed by atoms with van der Waals surface area (Å²) >= 11 is 0. The third-order valence-electron chi connectivity index (χ3n) is 4.03. The zero-order valence-electron chi connectivity index (χ0n) is 15.7. The standard InChI is InChI=1S/C21H20N2O5S/c1-27-17-9-5-6-10-18(17)28-19-12-11-16(14-20(19)29(22,25)26)23-21(24)13-15-7-3-2-4-8-15/h2-12,14H,13H2,1H3,(H,23,24)(H2,22,25,26). The van der Waals surface area contributed by atoms with Crippen molar-refractivity contribution in [2.75, 3.05) is 12.4 Å². The molecule has 3 N–H and O–H groups in total. The maximum atomic E-state index is 12.3. The third-order valence-corrected chi connectivity index (χ3v) is 4.96. The van der Waals surface area contributed by atoms with Crippen LogP contribution in [0.3, 0.4) is 0 Å². The van der Waals surface area contributed by atoms with Crippen LogP contribution < -0.4 is 19.9 Å². The first-order chi connectivity index (χ1) is 13.9. The molecule has 3 rings (SSSR count). The van der Waals surface area contributed by atoms with Crippen LogP contribution in [0.4, 0.5) is 5.69 Å². The van der Waals surface area contributed by atoms with Gasteiger partial charge in [0.25, 0.3) is 0 Å². The normalized spacial score (nSPS) is 11.0. The Morgan fingerprint density at radius 2 is 1.59 bits per heavy atom. The quantitative estimate of drug-likeness (QED) is 0.619. The van der Waals surface area contributed by atoms with Gasteiger partial charge in [0.2, 0.25) is 15.9 Å². The van der Waals surface area contributed by atoms with Crippen LogP contribution in [0.5, 0.6) is 17.2 Å². The molecule has 0 unspecified atom stereocenters. The lowest BCUT2D eigenvalue weighted by Gasteiger charge is -2.14. The number of carbonyl (C=O) groups is 1. The number of nitrogens with two attached hydrogens (primary N) is 1. The van der Waals surface area contributed by atoms with Crippen LogP contribution in [0.2, 0.25) is 0 Å². The molecule has 7 nitrogen and oxygen atoms in total. The fraction of sp³-hybridized carbons (Fsp3) is 0.0952. The Hall–Kier alpha value is -3.36. The zero-order chi connectivity index (χ0) is 20.9. The van der Waals surface area contributed by atoms with Gasteiger partial charge in [-0.25, -0.2) is 13.6 Å². The van der Waals surface area contributed by atoms with Crippen molar-refractivity contribution in [3.8, 4) is 17.2 Å². The molecule has 0 spiro atoms. The van der Waals surface area contributed by atoms with Crippen LogP contribution in [0.25, 0.3) is 0 Å². The van der Waals surface area contributed by atoms with Crippen molar-refractivity contribution in [2.45, 2.75) is 11.3 Å². The fourth-order valence-electron chi connectivity index (χ4n) is 2.70. The van der Waals surface area contributed by atoms with Crippen molar-refractivity contribution < 1.29 is 22.7 Å². The molecule has 0 heterocycles. The molecule has 0 aliphatic carbocycles. The summed E-state index contributed by atoms with van der Waals surface area (Å²) in [5.41, 5.74) is 1.13. The lowest BCUT2D eigenvalue weighted by molar-refractivity contribution is -0.115. The summed E-state index contributed by atoms with van der Waals surface area (Å²) in [6.45, 7) is 0. The van der Waals surface area contributed by atoms with Gasteiger partial charge in [-0.3, -0.25) is 4.79 Å². The molecular weight excluding hydrogens is 392 g/mol. The molecule has 0 atom stereocenters. The monoisotopic (exact) mass is 412 g/mol. The van der Waals surface area contributed by atoms with Gasteiger partial charge in [0, 0.05) is 5.69 Å². The van der Waals surface area contributed by atoms with Crippen molar-refractivity contribution in [1.82, 2.24) is 0 Å². The van der Waals surface area contributed by atoms with Crippen molar-refractivity contribution in [3.05, 3.63) is 78.4 Å². The molecule has 1 amide bonds. The van der Waals surface area contributed by atoms with E-state index in [1.165, 1.54) is 19.2 Å². The van der Waals surface area contributed by atoms with Crippen LogP contribution in [0.15, 0.2) is 77.7 Å². The van der Waals surface area contributed by atoms with Crippen LogP contribution in [0, 0.1) is 0 Å². The van der Waals surface area contributed by atoms with Crippen molar-refractivity contribution >= 4 is 21.6 Å². The van der Waals surface area contributed by atoms with E-state index in [4.69, 9.17) is 14.6 Å². The highest BCUT2D eigenvalue weighted by molar-refractivity contribution is 7.89. The number of sulfonamides is 1. The number of primary sulfonamides is 1. The van der Waals surface area contributed by atoms with E-state index in [1.807, 2.05) is 30.3 Å². The minimum absolute atomic E-state index is 0.0260. The molecule has 0 aliphatic rings. The number of benzene rings is 3. The van der Waals surface area contributed by atoms with Gasteiger partial charge in [-0.05, 0) is 35.9 Å². The smallest absolute Gasteiger partial charge is 0.241 e. The summed E-state index contributed by atoms with van der Waals surface area (Å²) in [5, 5.41) is 8.03. The molecule has 8 heteroatoms. The molecule has 0 saturated carbocycles. The minimum atomic E-state index is -4.11. The lowest BCUT2D eigenvalue weighted by Crippen LogP contribution is -2.17. The Balaban J connectivity index is 1.85. The van der Waals surface area contributed by atoms with Crippen LogP contribution >= 0.6 is 0 Å². The lowest BCUT2D eigenvalue weighted by atomic mass is 10.1. The SMILES string of the molecule is COc1ccccc1Oc1ccc(NC(=O)Cc2ccccc2)cc1S(N)(=O)=O. The number of hydrogen-bond donors (Lipinski definition) is 2. The molecule has 3 aromatic carbocycles. The number of ether oxygens (including phenoxy) is 2. The Morgan fingerprint density at radius 1 is 0.931 bits per heavy atom. The summed E-state index contributed by atoms with van der Waals surface area (Å²) in [6, 6.07) is 20.3. The summed E-state index contributed by atoms with van der Waals surface area (Å²) < 4.78 is 35.1. The van der Waals surface area contributed by atoms with Crippen LogP contribution in [0.1, 0.15) is 5.56 Å². The number of nitrogens with one attached hydrogen (secondary N) is 1. The van der Waals surface area contributed by atoms with E-state index >= 15 is 0 Å². The number of amides is 1. The van der Waals surface area contributed by atoms with Gasteiger partial charge in [-0.15, -0.1) is 0 Å².